The molecule has 0 aromatic carbocycles. The normalized spacial score (nSPS) is 44.4. The fraction of sp³-hybridized carbons (Fsp3) is 0.852. The summed E-state index contributed by atoms with van der Waals surface area (Å²) in [5.41, 5.74) is -0.673. The van der Waals surface area contributed by atoms with Gasteiger partial charge in [0.25, 0.3) is 0 Å². The van der Waals surface area contributed by atoms with Gasteiger partial charge in [-0.05, 0) is 85.4 Å². The van der Waals surface area contributed by atoms with E-state index in [1.165, 1.54) is 7.11 Å². The summed E-state index contributed by atoms with van der Waals surface area (Å²) in [7, 11) is 1.38. The lowest BCUT2D eigenvalue weighted by Gasteiger charge is -2.61. The number of methoxy groups -OCH3 is 1. The minimum Gasteiger partial charge on any atom is -0.481 e. The summed E-state index contributed by atoms with van der Waals surface area (Å²) >= 11 is 0. The maximum Gasteiger partial charge on any atom is 0.307 e. The molecule has 4 rings (SSSR count). The molecule has 0 amide bonds. The Morgan fingerprint density at radius 3 is 2.38 bits per heavy atom. The molecule has 10 atom stereocenters. The average Bonchev–Trinajstić information content (AvgIpc) is 3.14. The van der Waals surface area contributed by atoms with Crippen LogP contribution in [0.25, 0.3) is 0 Å². The van der Waals surface area contributed by atoms with Gasteiger partial charge in [0.15, 0.2) is 0 Å². The van der Waals surface area contributed by atoms with Gasteiger partial charge < -0.3 is 14.9 Å². The molecule has 0 aromatic heterocycles. The Kier molecular flexibility index (Phi) is 6.62. The third kappa shape index (κ3) is 3.78. The molecule has 2 N–H and O–H groups in total. The second-order valence-corrected chi connectivity index (χ2v) is 12.2. The Morgan fingerprint density at radius 2 is 1.76 bits per heavy atom. The molecular formula is C27H40O7. The predicted octanol–water partition coefficient (Wildman–Crippen LogP) is 4.43. The van der Waals surface area contributed by atoms with Crippen LogP contribution < -0.4 is 0 Å². The van der Waals surface area contributed by atoms with Crippen LogP contribution in [-0.4, -0.2) is 41.0 Å². The number of hydrogen-bond donors (Lipinski definition) is 2. The van der Waals surface area contributed by atoms with Crippen molar-refractivity contribution in [2.75, 3.05) is 7.11 Å². The molecule has 0 aliphatic heterocycles. The lowest BCUT2D eigenvalue weighted by molar-refractivity contribution is -0.182. The largest absolute Gasteiger partial charge is 0.481 e. The van der Waals surface area contributed by atoms with Gasteiger partial charge in [-0.3, -0.25) is 19.2 Å². The number of fused-ring (bicyclic) bond motifs is 5. The topological polar surface area (TPSA) is 118 Å². The number of ether oxygens (including phenoxy) is 1. The van der Waals surface area contributed by atoms with Gasteiger partial charge in [-0.1, -0.05) is 20.8 Å². The van der Waals surface area contributed by atoms with Gasteiger partial charge in [0.1, 0.15) is 5.78 Å². The van der Waals surface area contributed by atoms with Gasteiger partial charge >= 0.3 is 17.9 Å². The van der Waals surface area contributed by atoms with Gasteiger partial charge in [-0.15, -0.1) is 0 Å². The number of carbonyl (C=O) groups excluding carboxylic acids is 2. The predicted molar refractivity (Wildman–Crippen MR) is 124 cm³/mol. The van der Waals surface area contributed by atoms with Crippen LogP contribution >= 0.6 is 0 Å². The maximum absolute atomic E-state index is 13.6. The van der Waals surface area contributed by atoms with Crippen LogP contribution in [0, 0.1) is 58.2 Å². The fourth-order valence-electron chi connectivity index (χ4n) is 9.14. The van der Waals surface area contributed by atoms with Crippen molar-refractivity contribution in [3.63, 3.8) is 0 Å². The Labute approximate surface area is 202 Å². The van der Waals surface area contributed by atoms with Crippen molar-refractivity contribution in [1.82, 2.24) is 0 Å². The van der Waals surface area contributed by atoms with Crippen molar-refractivity contribution in [3.8, 4) is 0 Å². The second kappa shape index (κ2) is 8.94. The first kappa shape index (κ1) is 25.2. The highest BCUT2D eigenvalue weighted by Crippen LogP contribution is 2.69. The minimum atomic E-state index is -0.782. The van der Waals surface area contributed by atoms with Gasteiger partial charge in [-0.2, -0.15) is 0 Å². The van der Waals surface area contributed by atoms with Crippen molar-refractivity contribution in [2.45, 2.75) is 78.6 Å². The monoisotopic (exact) mass is 476 g/mol. The standard InChI is InChI=1S/C27H40O7/c1-14(5-8-22(29)34-4)17-6-7-18-23-19(13-20(25(32)33)27(17,18)3)26(2)10-9-15(24(30)31)11-16(26)12-21(23)28/h14-20,23H,5-13H2,1-4H3,(H,30,31)(H,32,33)/t14-,15+,16-,17+,18-,19-,20+,23+,26-,27+/m0/s1. The summed E-state index contributed by atoms with van der Waals surface area (Å²) in [5, 5.41) is 20.0. The third-order valence-electron chi connectivity index (χ3n) is 11.1. The zero-order valence-electron chi connectivity index (χ0n) is 20.9. The van der Waals surface area contributed by atoms with Crippen molar-refractivity contribution >= 4 is 23.7 Å². The molecule has 4 aliphatic rings. The average molecular weight is 477 g/mol. The Morgan fingerprint density at radius 1 is 1.06 bits per heavy atom. The Bertz CT molecular complexity index is 867. The van der Waals surface area contributed by atoms with E-state index in [2.05, 4.69) is 20.8 Å². The third-order valence-corrected chi connectivity index (χ3v) is 11.1. The molecule has 0 radical (unpaired) electrons. The first-order chi connectivity index (χ1) is 15.9. The number of aliphatic carboxylic acids is 2. The number of carboxylic acids is 2. The zero-order valence-corrected chi connectivity index (χ0v) is 20.9. The molecule has 0 heterocycles. The van der Waals surface area contributed by atoms with E-state index in [1.54, 1.807) is 0 Å². The highest BCUT2D eigenvalue weighted by Gasteiger charge is 2.67. The number of carboxylic acid groups (broad SMARTS) is 2. The molecular weight excluding hydrogens is 436 g/mol. The molecule has 7 nitrogen and oxygen atoms in total. The summed E-state index contributed by atoms with van der Waals surface area (Å²) < 4.78 is 4.81. The Balaban J connectivity index is 1.65. The number of hydrogen-bond acceptors (Lipinski definition) is 5. The van der Waals surface area contributed by atoms with Crippen LogP contribution in [0.2, 0.25) is 0 Å². The summed E-state index contributed by atoms with van der Waals surface area (Å²) in [5.74, 6) is -2.31. The van der Waals surface area contributed by atoms with E-state index in [0.717, 1.165) is 19.3 Å². The van der Waals surface area contributed by atoms with Crippen molar-refractivity contribution in [2.24, 2.45) is 58.2 Å². The smallest absolute Gasteiger partial charge is 0.307 e. The molecule has 0 unspecified atom stereocenters. The molecule has 0 spiro atoms. The molecule has 190 valence electrons. The highest BCUT2D eigenvalue weighted by atomic mass is 16.5. The van der Waals surface area contributed by atoms with Crippen molar-refractivity contribution < 1.29 is 34.1 Å². The summed E-state index contributed by atoms with van der Waals surface area (Å²) in [6.45, 7) is 6.41. The SMILES string of the molecule is COC(=O)CC[C@H](C)[C@H]1CC[C@H]2[C@H]3C(=O)C[C@@H]4C[C@H](C(=O)O)CC[C@]4(C)[C@H]3C[C@H](C(=O)O)[C@]12C. The number of esters is 1. The fourth-order valence-corrected chi connectivity index (χ4v) is 9.14. The first-order valence-corrected chi connectivity index (χ1v) is 13.0. The van der Waals surface area contributed by atoms with E-state index >= 15 is 0 Å². The van der Waals surface area contributed by atoms with Crippen LogP contribution in [0.15, 0.2) is 0 Å². The maximum atomic E-state index is 13.6. The number of Topliss-reactive ketones (excluding diaryl/α,β-unsaturated/α-hetero) is 1. The van der Waals surface area contributed by atoms with Gasteiger partial charge in [-0.25, -0.2) is 0 Å². The Hall–Kier alpha value is -1.92. The van der Waals surface area contributed by atoms with E-state index < -0.39 is 29.2 Å². The first-order valence-electron chi connectivity index (χ1n) is 13.0. The lowest BCUT2D eigenvalue weighted by atomic mass is 9.41. The summed E-state index contributed by atoms with van der Waals surface area (Å²) in [6, 6.07) is 0. The minimum absolute atomic E-state index is 0.00297. The van der Waals surface area contributed by atoms with Crippen LogP contribution in [-0.2, 0) is 23.9 Å². The van der Waals surface area contributed by atoms with Crippen LogP contribution in [0.4, 0.5) is 0 Å². The molecule has 4 saturated carbocycles. The van der Waals surface area contributed by atoms with E-state index in [1.807, 2.05) is 0 Å². The van der Waals surface area contributed by atoms with E-state index in [-0.39, 0.29) is 52.7 Å². The molecule has 7 heteroatoms. The molecule has 34 heavy (non-hydrogen) atoms. The van der Waals surface area contributed by atoms with Crippen LogP contribution in [0.3, 0.4) is 0 Å². The van der Waals surface area contributed by atoms with E-state index in [4.69, 9.17) is 4.74 Å². The van der Waals surface area contributed by atoms with E-state index in [9.17, 15) is 29.4 Å². The molecule has 0 bridgehead atoms. The van der Waals surface area contributed by atoms with Crippen LogP contribution in [0.1, 0.15) is 78.6 Å². The van der Waals surface area contributed by atoms with Gasteiger partial charge in [0.05, 0.1) is 18.9 Å². The molecule has 4 aliphatic carbocycles. The molecule has 4 fully saturated rings. The number of carbonyl (C=O) groups is 4. The molecule has 0 aromatic rings. The number of rotatable bonds is 6. The molecule has 0 saturated heterocycles. The second-order valence-electron chi connectivity index (χ2n) is 12.2. The van der Waals surface area contributed by atoms with Crippen molar-refractivity contribution in [1.29, 1.82) is 0 Å². The highest BCUT2D eigenvalue weighted by molar-refractivity contribution is 5.84. The van der Waals surface area contributed by atoms with Crippen molar-refractivity contribution in [3.05, 3.63) is 0 Å². The van der Waals surface area contributed by atoms with Gasteiger partial charge in [0, 0.05) is 18.8 Å². The lowest BCUT2D eigenvalue weighted by Crippen LogP contribution is -2.61. The van der Waals surface area contributed by atoms with Crippen LogP contribution in [0.5, 0.6) is 0 Å². The summed E-state index contributed by atoms with van der Waals surface area (Å²) in [6.07, 6.45) is 5.49. The quantitative estimate of drug-likeness (QED) is 0.545. The number of ketones is 1. The van der Waals surface area contributed by atoms with E-state index in [0.29, 0.717) is 38.5 Å². The van der Waals surface area contributed by atoms with Gasteiger partial charge in [0.2, 0.25) is 0 Å². The zero-order chi connectivity index (χ0) is 25.0. The summed E-state index contributed by atoms with van der Waals surface area (Å²) in [4.78, 5) is 49.7.